The van der Waals surface area contributed by atoms with Crippen molar-refractivity contribution in [2.24, 2.45) is 5.73 Å². The lowest BCUT2D eigenvalue weighted by Gasteiger charge is -2.16. The van der Waals surface area contributed by atoms with E-state index in [9.17, 15) is 9.18 Å². The lowest BCUT2D eigenvalue weighted by molar-refractivity contribution is 0.223. The first kappa shape index (κ1) is 11.5. The SMILES string of the molecule is CN(CCN)C(=O)Nc1ccc(F)cc1. The smallest absolute Gasteiger partial charge is 0.321 e. The van der Waals surface area contributed by atoms with Crippen LogP contribution in [0.1, 0.15) is 0 Å². The van der Waals surface area contributed by atoms with E-state index in [0.29, 0.717) is 18.8 Å². The summed E-state index contributed by atoms with van der Waals surface area (Å²) in [6, 6.07) is 5.33. The molecular formula is C10H14FN3O. The number of benzene rings is 1. The molecule has 0 saturated heterocycles. The van der Waals surface area contributed by atoms with Crippen LogP contribution in [0, 0.1) is 5.82 Å². The first-order valence-electron chi connectivity index (χ1n) is 4.61. The number of amides is 2. The van der Waals surface area contributed by atoms with Gasteiger partial charge in [-0.25, -0.2) is 9.18 Å². The Kier molecular flexibility index (Phi) is 4.05. The third-order valence-corrected chi connectivity index (χ3v) is 1.91. The summed E-state index contributed by atoms with van der Waals surface area (Å²) in [5, 5.41) is 2.62. The Bertz CT molecular complexity index is 326. The summed E-state index contributed by atoms with van der Waals surface area (Å²) in [6.45, 7) is 0.889. The van der Waals surface area contributed by atoms with Gasteiger partial charge in [0.1, 0.15) is 5.82 Å². The quantitative estimate of drug-likeness (QED) is 0.790. The molecule has 0 aliphatic carbocycles. The molecule has 0 heterocycles. The van der Waals surface area contributed by atoms with Crippen molar-refractivity contribution in [3.8, 4) is 0 Å². The Hall–Kier alpha value is -1.62. The van der Waals surface area contributed by atoms with Crippen molar-refractivity contribution in [1.29, 1.82) is 0 Å². The number of carbonyl (C=O) groups is 1. The minimum Gasteiger partial charge on any atom is -0.329 e. The maximum Gasteiger partial charge on any atom is 0.321 e. The molecule has 4 nitrogen and oxygen atoms in total. The van der Waals surface area contributed by atoms with E-state index in [1.54, 1.807) is 7.05 Å². The van der Waals surface area contributed by atoms with Crippen LogP contribution in [0.3, 0.4) is 0 Å². The van der Waals surface area contributed by atoms with Crippen LogP contribution < -0.4 is 11.1 Å². The number of anilines is 1. The van der Waals surface area contributed by atoms with E-state index in [2.05, 4.69) is 5.32 Å². The number of nitrogens with zero attached hydrogens (tertiary/aromatic N) is 1. The van der Waals surface area contributed by atoms with Gasteiger partial charge in [0.15, 0.2) is 0 Å². The molecule has 0 atom stereocenters. The fourth-order valence-corrected chi connectivity index (χ4v) is 1.05. The largest absolute Gasteiger partial charge is 0.329 e. The molecule has 0 aromatic heterocycles. The zero-order valence-corrected chi connectivity index (χ0v) is 8.53. The second-order valence-electron chi connectivity index (χ2n) is 3.15. The minimum absolute atomic E-state index is 0.257. The van der Waals surface area contributed by atoms with E-state index in [-0.39, 0.29) is 11.8 Å². The zero-order chi connectivity index (χ0) is 11.3. The summed E-state index contributed by atoms with van der Waals surface area (Å²) in [6.07, 6.45) is 0. The third-order valence-electron chi connectivity index (χ3n) is 1.91. The molecule has 0 saturated carbocycles. The average molecular weight is 211 g/mol. The van der Waals surface area contributed by atoms with Crippen molar-refractivity contribution in [2.75, 3.05) is 25.5 Å². The molecule has 82 valence electrons. The fourth-order valence-electron chi connectivity index (χ4n) is 1.05. The maximum atomic E-state index is 12.6. The molecule has 0 fully saturated rings. The lowest BCUT2D eigenvalue weighted by atomic mass is 10.3. The monoisotopic (exact) mass is 211 g/mol. The Labute approximate surface area is 87.9 Å². The second kappa shape index (κ2) is 5.31. The Morgan fingerprint density at radius 3 is 2.60 bits per heavy atom. The Balaban J connectivity index is 2.54. The molecule has 15 heavy (non-hydrogen) atoms. The molecule has 2 amide bonds. The summed E-state index contributed by atoms with van der Waals surface area (Å²) in [5.41, 5.74) is 5.87. The first-order valence-corrected chi connectivity index (χ1v) is 4.61. The van der Waals surface area contributed by atoms with Crippen molar-refractivity contribution in [3.63, 3.8) is 0 Å². The van der Waals surface area contributed by atoms with Crippen LogP contribution in [0.4, 0.5) is 14.9 Å². The van der Waals surface area contributed by atoms with Crippen LogP contribution in [0.15, 0.2) is 24.3 Å². The van der Waals surface area contributed by atoms with Gasteiger partial charge in [0.05, 0.1) is 0 Å². The summed E-state index contributed by atoms with van der Waals surface area (Å²) in [5.74, 6) is -0.330. The molecule has 0 radical (unpaired) electrons. The minimum atomic E-state index is -0.330. The number of hydrogen-bond acceptors (Lipinski definition) is 2. The summed E-state index contributed by atoms with van der Waals surface area (Å²) in [7, 11) is 1.64. The maximum absolute atomic E-state index is 12.6. The summed E-state index contributed by atoms with van der Waals surface area (Å²) in [4.78, 5) is 12.9. The number of urea groups is 1. The van der Waals surface area contributed by atoms with Crippen LogP contribution in [0.25, 0.3) is 0 Å². The standard InChI is InChI=1S/C10H14FN3O/c1-14(7-6-12)10(15)13-9-4-2-8(11)3-5-9/h2-5H,6-7,12H2,1H3,(H,13,15). The van der Waals surface area contributed by atoms with Gasteiger partial charge in [-0.1, -0.05) is 0 Å². The van der Waals surface area contributed by atoms with Gasteiger partial charge in [-0.3, -0.25) is 0 Å². The van der Waals surface area contributed by atoms with Crippen molar-refractivity contribution < 1.29 is 9.18 Å². The molecule has 1 aromatic carbocycles. The van der Waals surface area contributed by atoms with Gasteiger partial charge in [-0.2, -0.15) is 0 Å². The van der Waals surface area contributed by atoms with Crippen LogP contribution in [0.2, 0.25) is 0 Å². The van der Waals surface area contributed by atoms with Crippen LogP contribution >= 0.6 is 0 Å². The van der Waals surface area contributed by atoms with Gasteiger partial charge in [-0.15, -0.1) is 0 Å². The van der Waals surface area contributed by atoms with E-state index in [1.165, 1.54) is 29.2 Å². The van der Waals surface area contributed by atoms with E-state index in [0.717, 1.165) is 0 Å². The predicted octanol–water partition coefficient (Wildman–Crippen LogP) is 1.25. The van der Waals surface area contributed by atoms with Crippen molar-refractivity contribution in [2.45, 2.75) is 0 Å². The number of nitrogens with two attached hydrogens (primary N) is 1. The van der Waals surface area contributed by atoms with Gasteiger partial charge >= 0.3 is 6.03 Å². The van der Waals surface area contributed by atoms with E-state index in [1.807, 2.05) is 0 Å². The summed E-state index contributed by atoms with van der Waals surface area (Å²) >= 11 is 0. The Morgan fingerprint density at radius 1 is 1.47 bits per heavy atom. The van der Waals surface area contributed by atoms with Gasteiger partial charge in [0.2, 0.25) is 0 Å². The highest BCUT2D eigenvalue weighted by Crippen LogP contribution is 2.08. The fraction of sp³-hybridized carbons (Fsp3) is 0.300. The number of rotatable bonds is 3. The highest BCUT2D eigenvalue weighted by molar-refractivity contribution is 5.89. The van der Waals surface area contributed by atoms with Gasteiger partial charge in [0, 0.05) is 25.8 Å². The van der Waals surface area contributed by atoms with E-state index < -0.39 is 0 Å². The molecule has 3 N–H and O–H groups in total. The average Bonchev–Trinajstić information content (AvgIpc) is 2.22. The first-order chi connectivity index (χ1) is 7.13. The molecule has 1 rings (SSSR count). The lowest BCUT2D eigenvalue weighted by Crippen LogP contribution is -2.35. The Morgan fingerprint density at radius 2 is 2.07 bits per heavy atom. The number of hydrogen-bond donors (Lipinski definition) is 2. The van der Waals surface area contributed by atoms with Crippen molar-refractivity contribution in [1.82, 2.24) is 4.90 Å². The second-order valence-corrected chi connectivity index (χ2v) is 3.15. The van der Waals surface area contributed by atoms with Gasteiger partial charge < -0.3 is 16.0 Å². The van der Waals surface area contributed by atoms with Gasteiger partial charge in [-0.05, 0) is 24.3 Å². The number of nitrogens with one attached hydrogen (secondary N) is 1. The predicted molar refractivity (Wildman–Crippen MR) is 57.1 cm³/mol. The molecule has 0 aliphatic rings. The third kappa shape index (κ3) is 3.55. The van der Waals surface area contributed by atoms with Crippen molar-refractivity contribution in [3.05, 3.63) is 30.1 Å². The van der Waals surface area contributed by atoms with Crippen LogP contribution in [-0.4, -0.2) is 31.1 Å². The van der Waals surface area contributed by atoms with Crippen LogP contribution in [0.5, 0.6) is 0 Å². The highest BCUT2D eigenvalue weighted by Gasteiger charge is 2.06. The molecule has 0 unspecified atom stereocenters. The number of likely N-dealkylation sites (N-methyl/N-ethyl adjacent to an activating group) is 1. The topological polar surface area (TPSA) is 58.4 Å². The normalized spacial score (nSPS) is 9.80. The van der Waals surface area contributed by atoms with Gasteiger partial charge in [0.25, 0.3) is 0 Å². The van der Waals surface area contributed by atoms with E-state index >= 15 is 0 Å². The molecular weight excluding hydrogens is 197 g/mol. The highest BCUT2D eigenvalue weighted by atomic mass is 19.1. The number of halogens is 1. The van der Waals surface area contributed by atoms with Crippen molar-refractivity contribution >= 4 is 11.7 Å². The zero-order valence-electron chi connectivity index (χ0n) is 8.53. The molecule has 0 bridgehead atoms. The van der Waals surface area contributed by atoms with E-state index in [4.69, 9.17) is 5.73 Å². The molecule has 0 aliphatic heterocycles. The number of carbonyl (C=O) groups excluding carboxylic acids is 1. The summed E-state index contributed by atoms with van der Waals surface area (Å²) < 4.78 is 12.6. The molecule has 0 spiro atoms. The van der Waals surface area contributed by atoms with Crippen LogP contribution in [-0.2, 0) is 0 Å². The molecule has 1 aromatic rings. The molecule has 5 heteroatoms.